The lowest BCUT2D eigenvalue weighted by Gasteiger charge is -2.11. The molecule has 0 spiro atoms. The van der Waals surface area contributed by atoms with Crippen molar-refractivity contribution in [3.63, 3.8) is 0 Å². The number of carboxylic acids is 1. The minimum atomic E-state index is -0.866. The minimum absolute atomic E-state index is 0.398. The predicted octanol–water partition coefficient (Wildman–Crippen LogP) is 3.79. The molecular formula is C17H16O2. The Hall–Kier alpha value is -2.35. The summed E-state index contributed by atoms with van der Waals surface area (Å²) in [7, 11) is 0. The van der Waals surface area contributed by atoms with E-state index < -0.39 is 5.97 Å². The first-order valence-corrected chi connectivity index (χ1v) is 6.21. The highest BCUT2D eigenvalue weighted by molar-refractivity contribution is 5.96. The van der Waals surface area contributed by atoms with Crippen molar-refractivity contribution in [1.29, 1.82) is 0 Å². The highest BCUT2D eigenvalue weighted by atomic mass is 16.4. The van der Waals surface area contributed by atoms with Crippen molar-refractivity contribution in [2.45, 2.75) is 13.3 Å². The molecule has 0 aromatic heterocycles. The molecular weight excluding hydrogens is 236 g/mol. The Kier molecular flexibility index (Phi) is 4.14. The van der Waals surface area contributed by atoms with E-state index in [1.165, 1.54) is 0 Å². The second-order valence-electron chi connectivity index (χ2n) is 4.44. The summed E-state index contributed by atoms with van der Waals surface area (Å²) in [6.07, 6.45) is 0.628. The van der Waals surface area contributed by atoms with Crippen LogP contribution in [0.4, 0.5) is 0 Å². The first kappa shape index (κ1) is 13.1. The molecule has 0 amide bonds. The van der Waals surface area contributed by atoms with E-state index in [0.717, 1.165) is 16.7 Å². The van der Waals surface area contributed by atoms with Gasteiger partial charge < -0.3 is 5.11 Å². The fourth-order valence-corrected chi connectivity index (χ4v) is 2.02. The molecule has 0 radical (unpaired) electrons. The van der Waals surface area contributed by atoms with Gasteiger partial charge in [-0.3, -0.25) is 0 Å². The van der Waals surface area contributed by atoms with Crippen molar-refractivity contribution < 1.29 is 9.90 Å². The third kappa shape index (κ3) is 3.32. The summed E-state index contributed by atoms with van der Waals surface area (Å²) in [6.45, 7) is 1.66. The maximum absolute atomic E-state index is 11.2. The highest BCUT2D eigenvalue weighted by Gasteiger charge is 2.11. The third-order valence-electron chi connectivity index (χ3n) is 3.12. The maximum atomic E-state index is 11.2. The second-order valence-corrected chi connectivity index (χ2v) is 4.44. The predicted molar refractivity (Wildman–Crippen MR) is 76.8 cm³/mol. The summed E-state index contributed by atoms with van der Waals surface area (Å²) in [5.41, 5.74) is 3.34. The molecule has 0 unspecified atom stereocenters. The molecule has 0 fully saturated rings. The molecule has 19 heavy (non-hydrogen) atoms. The fourth-order valence-electron chi connectivity index (χ4n) is 2.02. The normalized spacial score (nSPS) is 11.8. The van der Waals surface area contributed by atoms with Gasteiger partial charge in [0, 0.05) is 5.57 Å². The number of aliphatic carboxylic acids is 1. The van der Waals surface area contributed by atoms with Crippen molar-refractivity contribution in [3.8, 4) is 0 Å². The standard InChI is InChI=1S/C17H16O2/c1-13(17(18)19)16(15-10-6-3-7-11-15)12-14-8-4-2-5-9-14/h2-11H,12H2,1H3,(H,18,19)/b16-13-. The molecule has 0 heterocycles. The van der Waals surface area contributed by atoms with E-state index in [0.29, 0.717) is 12.0 Å². The van der Waals surface area contributed by atoms with E-state index in [9.17, 15) is 9.90 Å². The summed E-state index contributed by atoms with van der Waals surface area (Å²) in [6, 6.07) is 19.6. The number of carbonyl (C=O) groups is 1. The number of hydrogen-bond acceptors (Lipinski definition) is 1. The van der Waals surface area contributed by atoms with Crippen LogP contribution in [0.15, 0.2) is 66.2 Å². The summed E-state index contributed by atoms with van der Waals surface area (Å²) < 4.78 is 0. The summed E-state index contributed by atoms with van der Waals surface area (Å²) in [4.78, 5) is 11.2. The van der Waals surface area contributed by atoms with E-state index in [4.69, 9.17) is 0 Å². The molecule has 2 nitrogen and oxygen atoms in total. The molecule has 1 N–H and O–H groups in total. The average Bonchev–Trinajstić information content (AvgIpc) is 2.46. The van der Waals surface area contributed by atoms with Gasteiger partial charge in [0.1, 0.15) is 0 Å². The van der Waals surface area contributed by atoms with Gasteiger partial charge in [-0.25, -0.2) is 4.79 Å². The van der Waals surface area contributed by atoms with Crippen LogP contribution in [0.2, 0.25) is 0 Å². The monoisotopic (exact) mass is 252 g/mol. The SMILES string of the molecule is C/C(C(=O)O)=C(\Cc1ccccc1)c1ccccc1. The van der Waals surface area contributed by atoms with E-state index in [2.05, 4.69) is 0 Å². The Labute approximate surface area is 113 Å². The lowest BCUT2D eigenvalue weighted by Crippen LogP contribution is -2.03. The Morgan fingerprint density at radius 3 is 2.00 bits per heavy atom. The molecule has 2 heteroatoms. The molecule has 0 aliphatic carbocycles. The summed E-state index contributed by atoms with van der Waals surface area (Å²) in [5, 5.41) is 9.23. The molecule has 2 aromatic rings. The van der Waals surface area contributed by atoms with Gasteiger partial charge in [-0.05, 0) is 30.0 Å². The first-order chi connectivity index (χ1) is 9.18. The van der Waals surface area contributed by atoms with E-state index in [-0.39, 0.29) is 0 Å². The zero-order valence-electron chi connectivity index (χ0n) is 10.8. The van der Waals surface area contributed by atoms with Gasteiger partial charge in [0.2, 0.25) is 0 Å². The minimum Gasteiger partial charge on any atom is -0.478 e. The highest BCUT2D eigenvalue weighted by Crippen LogP contribution is 2.23. The molecule has 0 saturated heterocycles. The zero-order valence-corrected chi connectivity index (χ0v) is 10.8. The number of benzene rings is 2. The van der Waals surface area contributed by atoms with Crippen molar-refractivity contribution in [2.24, 2.45) is 0 Å². The van der Waals surface area contributed by atoms with E-state index in [1.54, 1.807) is 6.92 Å². The molecule has 0 bridgehead atoms. The number of rotatable bonds is 4. The van der Waals surface area contributed by atoms with Crippen molar-refractivity contribution in [1.82, 2.24) is 0 Å². The molecule has 2 rings (SSSR count). The Balaban J connectivity index is 2.42. The van der Waals surface area contributed by atoms with Crippen molar-refractivity contribution in [2.75, 3.05) is 0 Å². The van der Waals surface area contributed by atoms with E-state index >= 15 is 0 Å². The Morgan fingerprint density at radius 2 is 1.47 bits per heavy atom. The molecule has 0 aliphatic rings. The number of hydrogen-bond donors (Lipinski definition) is 1. The second kappa shape index (κ2) is 6.01. The van der Waals surface area contributed by atoms with Gasteiger partial charge in [0.15, 0.2) is 0 Å². The molecule has 96 valence electrons. The van der Waals surface area contributed by atoms with Crippen LogP contribution in [0.5, 0.6) is 0 Å². The van der Waals surface area contributed by atoms with Gasteiger partial charge in [-0.15, -0.1) is 0 Å². The largest absolute Gasteiger partial charge is 0.478 e. The molecule has 0 atom stereocenters. The summed E-state index contributed by atoms with van der Waals surface area (Å²) in [5.74, 6) is -0.866. The van der Waals surface area contributed by atoms with Crippen LogP contribution in [0.1, 0.15) is 18.1 Å². The van der Waals surface area contributed by atoms with Gasteiger partial charge in [0.05, 0.1) is 0 Å². The van der Waals surface area contributed by atoms with Crippen LogP contribution in [0, 0.1) is 0 Å². The van der Waals surface area contributed by atoms with Crippen molar-refractivity contribution >= 4 is 11.5 Å². The summed E-state index contributed by atoms with van der Waals surface area (Å²) >= 11 is 0. The number of allylic oxidation sites excluding steroid dienone is 1. The van der Waals surface area contributed by atoms with Crippen LogP contribution < -0.4 is 0 Å². The topological polar surface area (TPSA) is 37.3 Å². The first-order valence-electron chi connectivity index (χ1n) is 6.21. The van der Waals surface area contributed by atoms with Crippen LogP contribution >= 0.6 is 0 Å². The van der Waals surface area contributed by atoms with Gasteiger partial charge >= 0.3 is 5.97 Å². The van der Waals surface area contributed by atoms with Gasteiger partial charge in [0.25, 0.3) is 0 Å². The van der Waals surface area contributed by atoms with Crippen LogP contribution in [-0.2, 0) is 11.2 Å². The maximum Gasteiger partial charge on any atom is 0.331 e. The lowest BCUT2D eigenvalue weighted by atomic mass is 9.94. The third-order valence-corrected chi connectivity index (χ3v) is 3.12. The Bertz CT molecular complexity index is 583. The Morgan fingerprint density at radius 1 is 0.947 bits per heavy atom. The fraction of sp³-hybridized carbons (Fsp3) is 0.118. The average molecular weight is 252 g/mol. The molecule has 0 saturated carbocycles. The quantitative estimate of drug-likeness (QED) is 0.841. The van der Waals surface area contributed by atoms with Crippen LogP contribution in [0.25, 0.3) is 5.57 Å². The number of carboxylic acid groups (broad SMARTS) is 1. The van der Waals surface area contributed by atoms with Crippen LogP contribution in [-0.4, -0.2) is 11.1 Å². The molecule has 2 aromatic carbocycles. The smallest absolute Gasteiger partial charge is 0.331 e. The zero-order chi connectivity index (χ0) is 13.7. The van der Waals surface area contributed by atoms with Gasteiger partial charge in [-0.2, -0.15) is 0 Å². The molecule has 0 aliphatic heterocycles. The van der Waals surface area contributed by atoms with Crippen molar-refractivity contribution in [3.05, 3.63) is 77.4 Å². The van der Waals surface area contributed by atoms with E-state index in [1.807, 2.05) is 60.7 Å². The van der Waals surface area contributed by atoms with Gasteiger partial charge in [-0.1, -0.05) is 60.7 Å². The van der Waals surface area contributed by atoms with Crippen LogP contribution in [0.3, 0.4) is 0 Å². The lowest BCUT2D eigenvalue weighted by molar-refractivity contribution is -0.132.